The van der Waals surface area contributed by atoms with Gasteiger partial charge in [0.05, 0.1) is 11.3 Å². The van der Waals surface area contributed by atoms with Gasteiger partial charge in [-0.05, 0) is 20.9 Å². The average molecular weight is 262 g/mol. The van der Waals surface area contributed by atoms with E-state index >= 15 is 0 Å². The number of ketones is 1. The molecule has 0 fully saturated rings. The van der Waals surface area contributed by atoms with Crippen molar-refractivity contribution in [3.63, 3.8) is 0 Å². The summed E-state index contributed by atoms with van der Waals surface area (Å²) in [5.74, 6) is -0.288. The average Bonchev–Trinajstić information content (AvgIpc) is 2.46. The number of aromatic nitrogens is 2. The van der Waals surface area contributed by atoms with Crippen LogP contribution in [0.2, 0.25) is 0 Å². The molecule has 0 atom stereocenters. The van der Waals surface area contributed by atoms with Gasteiger partial charge in [0.1, 0.15) is 11.0 Å². The molecule has 1 aromatic rings. The first-order valence-corrected chi connectivity index (χ1v) is 4.73. The van der Waals surface area contributed by atoms with E-state index in [9.17, 15) is 14.9 Å². The standard InChI is InChI=1S/C7H8BrN3O3/c1-2-5(12)3-10-4-6(8)7(9-10)11(13)14/h4H,2-3H2,1H3. The van der Waals surface area contributed by atoms with Crippen LogP contribution < -0.4 is 0 Å². The minimum absolute atomic E-state index is 0.0186. The third-order valence-corrected chi connectivity index (χ3v) is 2.16. The number of rotatable bonds is 4. The van der Waals surface area contributed by atoms with Crippen LogP contribution in [0.5, 0.6) is 0 Å². The minimum atomic E-state index is -0.600. The Morgan fingerprint density at radius 2 is 2.43 bits per heavy atom. The summed E-state index contributed by atoms with van der Waals surface area (Å²) in [6, 6.07) is 0. The Balaban J connectivity index is 2.86. The Morgan fingerprint density at radius 3 is 2.86 bits per heavy atom. The van der Waals surface area contributed by atoms with Crippen LogP contribution in [0.3, 0.4) is 0 Å². The Hall–Kier alpha value is -1.24. The van der Waals surface area contributed by atoms with Crippen LogP contribution in [0.15, 0.2) is 10.7 Å². The molecule has 0 radical (unpaired) electrons. The molecule has 0 bridgehead atoms. The number of nitro groups is 1. The molecule has 6 nitrogen and oxygen atoms in total. The number of carbonyl (C=O) groups is 1. The van der Waals surface area contributed by atoms with Crippen LogP contribution in [-0.4, -0.2) is 20.5 Å². The van der Waals surface area contributed by atoms with Gasteiger partial charge in [-0.2, -0.15) is 4.68 Å². The quantitative estimate of drug-likeness (QED) is 0.608. The number of Topliss-reactive ketones (excluding diaryl/α,β-unsaturated/α-hetero) is 1. The maximum Gasteiger partial charge on any atom is 0.404 e. The molecule has 7 heteroatoms. The highest BCUT2D eigenvalue weighted by molar-refractivity contribution is 9.10. The summed E-state index contributed by atoms with van der Waals surface area (Å²) in [6.45, 7) is 1.80. The van der Waals surface area contributed by atoms with Crippen LogP contribution in [-0.2, 0) is 11.3 Å². The van der Waals surface area contributed by atoms with Gasteiger partial charge >= 0.3 is 5.82 Å². The van der Waals surface area contributed by atoms with Gasteiger partial charge in [0, 0.05) is 6.42 Å². The maximum absolute atomic E-state index is 11.0. The highest BCUT2D eigenvalue weighted by Crippen LogP contribution is 2.21. The second-order valence-electron chi connectivity index (χ2n) is 2.65. The Kier molecular flexibility index (Phi) is 3.34. The first-order chi connectivity index (χ1) is 6.54. The van der Waals surface area contributed by atoms with Gasteiger partial charge in [-0.1, -0.05) is 6.92 Å². The Bertz CT molecular complexity index is 374. The molecule has 0 saturated heterocycles. The van der Waals surface area contributed by atoms with E-state index in [2.05, 4.69) is 21.0 Å². The number of halogens is 1. The SMILES string of the molecule is CCC(=O)Cn1cc(Br)c([N+](=O)[O-])n1. The summed E-state index contributed by atoms with van der Waals surface area (Å²) in [5, 5.41) is 14.1. The van der Waals surface area contributed by atoms with Crippen LogP contribution in [0.25, 0.3) is 0 Å². The molecule has 0 aliphatic heterocycles. The highest BCUT2D eigenvalue weighted by atomic mass is 79.9. The zero-order chi connectivity index (χ0) is 10.7. The lowest BCUT2D eigenvalue weighted by Gasteiger charge is -1.91. The third-order valence-electron chi connectivity index (χ3n) is 1.60. The molecule has 0 saturated carbocycles. The first kappa shape index (κ1) is 10.8. The van der Waals surface area contributed by atoms with Crippen LogP contribution in [0.4, 0.5) is 5.82 Å². The third kappa shape index (κ3) is 2.38. The van der Waals surface area contributed by atoms with Gasteiger partial charge < -0.3 is 10.1 Å². The monoisotopic (exact) mass is 261 g/mol. The zero-order valence-electron chi connectivity index (χ0n) is 7.44. The highest BCUT2D eigenvalue weighted by Gasteiger charge is 2.19. The van der Waals surface area contributed by atoms with Gasteiger partial charge in [0.25, 0.3) is 0 Å². The lowest BCUT2D eigenvalue weighted by Crippen LogP contribution is -2.09. The molecular formula is C7H8BrN3O3. The van der Waals surface area contributed by atoms with Crippen LogP contribution >= 0.6 is 15.9 Å². The van der Waals surface area contributed by atoms with E-state index in [1.54, 1.807) is 6.92 Å². The first-order valence-electron chi connectivity index (χ1n) is 3.93. The second kappa shape index (κ2) is 4.32. The summed E-state index contributed by atoms with van der Waals surface area (Å²) < 4.78 is 1.54. The van der Waals surface area contributed by atoms with Crippen molar-refractivity contribution in [1.82, 2.24) is 9.78 Å². The molecule has 0 spiro atoms. The maximum atomic E-state index is 11.0. The van der Waals surface area contributed by atoms with Crippen molar-refractivity contribution in [3.8, 4) is 0 Å². The molecule has 76 valence electrons. The number of carbonyl (C=O) groups excluding carboxylic acids is 1. The second-order valence-corrected chi connectivity index (χ2v) is 3.50. The lowest BCUT2D eigenvalue weighted by atomic mass is 10.3. The molecule has 0 unspecified atom stereocenters. The van der Waals surface area contributed by atoms with Crippen molar-refractivity contribution >= 4 is 27.5 Å². The number of nitrogens with zero attached hydrogens (tertiary/aromatic N) is 3. The van der Waals surface area contributed by atoms with E-state index in [4.69, 9.17) is 0 Å². The van der Waals surface area contributed by atoms with E-state index in [1.807, 2.05) is 0 Å². The molecule has 0 N–H and O–H groups in total. The van der Waals surface area contributed by atoms with Gasteiger partial charge in [-0.3, -0.25) is 4.79 Å². The minimum Gasteiger partial charge on any atom is -0.358 e. The van der Waals surface area contributed by atoms with Gasteiger partial charge in [-0.15, -0.1) is 0 Å². The van der Waals surface area contributed by atoms with E-state index in [-0.39, 0.29) is 22.6 Å². The van der Waals surface area contributed by atoms with Crippen molar-refractivity contribution in [2.24, 2.45) is 0 Å². The molecule has 0 aliphatic carbocycles. The van der Waals surface area contributed by atoms with Crippen molar-refractivity contribution in [2.75, 3.05) is 0 Å². The molecule has 0 amide bonds. The fourth-order valence-corrected chi connectivity index (χ4v) is 1.34. The predicted molar refractivity (Wildman–Crippen MR) is 51.9 cm³/mol. The smallest absolute Gasteiger partial charge is 0.358 e. The van der Waals surface area contributed by atoms with Gasteiger partial charge in [-0.25, -0.2) is 0 Å². The van der Waals surface area contributed by atoms with E-state index in [1.165, 1.54) is 10.9 Å². The molecule has 1 rings (SSSR count). The molecule has 0 aliphatic rings. The van der Waals surface area contributed by atoms with Gasteiger partial charge in [0.2, 0.25) is 0 Å². The zero-order valence-corrected chi connectivity index (χ0v) is 9.02. The largest absolute Gasteiger partial charge is 0.404 e. The summed E-state index contributed by atoms with van der Waals surface area (Å²) in [4.78, 5) is 20.8. The molecule has 1 heterocycles. The van der Waals surface area contributed by atoms with Crippen molar-refractivity contribution in [3.05, 3.63) is 20.8 Å². The fourth-order valence-electron chi connectivity index (χ4n) is 0.884. The van der Waals surface area contributed by atoms with Gasteiger partial charge in [0.15, 0.2) is 5.78 Å². The fraction of sp³-hybridized carbons (Fsp3) is 0.429. The molecular weight excluding hydrogens is 254 g/mol. The van der Waals surface area contributed by atoms with Crippen molar-refractivity contribution < 1.29 is 9.72 Å². The van der Waals surface area contributed by atoms with E-state index in [0.717, 1.165) is 0 Å². The summed E-state index contributed by atoms with van der Waals surface area (Å²) in [6.07, 6.45) is 1.82. The lowest BCUT2D eigenvalue weighted by molar-refractivity contribution is -0.390. The van der Waals surface area contributed by atoms with E-state index in [0.29, 0.717) is 6.42 Å². The molecule has 1 aromatic heterocycles. The molecule has 14 heavy (non-hydrogen) atoms. The Labute approximate surface area is 88.2 Å². The molecule has 0 aromatic carbocycles. The predicted octanol–water partition coefficient (Wildman–Crippen LogP) is 1.53. The topological polar surface area (TPSA) is 78.0 Å². The number of hydrogen-bond donors (Lipinski definition) is 0. The van der Waals surface area contributed by atoms with Crippen molar-refractivity contribution in [1.29, 1.82) is 0 Å². The summed E-state index contributed by atoms with van der Waals surface area (Å²) >= 11 is 2.99. The summed E-state index contributed by atoms with van der Waals surface area (Å²) in [7, 11) is 0. The van der Waals surface area contributed by atoms with E-state index < -0.39 is 4.92 Å². The van der Waals surface area contributed by atoms with Crippen LogP contribution in [0.1, 0.15) is 13.3 Å². The van der Waals surface area contributed by atoms with Crippen LogP contribution in [0, 0.1) is 10.1 Å². The Morgan fingerprint density at radius 1 is 1.79 bits per heavy atom. The summed E-state index contributed by atoms with van der Waals surface area (Å²) in [5.41, 5.74) is 0. The normalized spacial score (nSPS) is 10.1. The van der Waals surface area contributed by atoms with Crippen molar-refractivity contribution in [2.45, 2.75) is 19.9 Å². The number of hydrogen-bond acceptors (Lipinski definition) is 4.